The Morgan fingerprint density at radius 1 is 1.16 bits per heavy atom. The van der Waals surface area contributed by atoms with Gasteiger partial charge in [0, 0.05) is 48.4 Å². The van der Waals surface area contributed by atoms with E-state index in [2.05, 4.69) is 15.4 Å². The molecule has 0 aliphatic heterocycles. The molecule has 0 bridgehead atoms. The van der Waals surface area contributed by atoms with Crippen LogP contribution in [0.1, 0.15) is 23.4 Å². The predicted octanol–water partition coefficient (Wildman–Crippen LogP) is 5.09. The van der Waals surface area contributed by atoms with Crippen LogP contribution in [-0.4, -0.2) is 20.7 Å². The topological polar surface area (TPSA) is 69.0 Å². The number of pyridine rings is 1. The largest absolute Gasteiger partial charge is 0.457 e. The lowest BCUT2D eigenvalue weighted by Gasteiger charge is -2.13. The highest BCUT2D eigenvalue weighted by Gasteiger charge is 2.14. The van der Waals surface area contributed by atoms with Gasteiger partial charge in [0.2, 0.25) is 5.91 Å². The minimum absolute atomic E-state index is 0.0911. The van der Waals surface area contributed by atoms with Crippen molar-refractivity contribution in [3.05, 3.63) is 77.6 Å². The number of amides is 1. The Morgan fingerprint density at radius 3 is 2.74 bits per heavy atom. The number of hydrogen-bond acceptors (Lipinski definition) is 4. The number of nitrogens with zero attached hydrogens (tertiary/aromatic N) is 3. The summed E-state index contributed by atoms with van der Waals surface area (Å²) in [5.74, 6) is 0.498. The zero-order valence-electron chi connectivity index (χ0n) is 17.6. The van der Waals surface area contributed by atoms with Crippen molar-refractivity contribution in [3.8, 4) is 11.5 Å². The van der Waals surface area contributed by atoms with Gasteiger partial charge in [-0.25, -0.2) is 4.39 Å². The van der Waals surface area contributed by atoms with Crippen molar-refractivity contribution < 1.29 is 13.9 Å². The molecule has 0 aliphatic carbocycles. The van der Waals surface area contributed by atoms with Gasteiger partial charge in [0.05, 0.1) is 11.4 Å². The first-order valence-electron chi connectivity index (χ1n) is 10.0. The highest BCUT2D eigenvalue weighted by molar-refractivity contribution is 6.04. The SMILES string of the molecule is Cc1nn(C)c(C)c1CCC(=O)Nc1ccc(Oc2cccc(F)c2)c2ccncc12. The number of aryl methyl sites for hydroxylation is 2. The van der Waals surface area contributed by atoms with E-state index in [1.807, 2.05) is 31.6 Å². The number of rotatable bonds is 6. The van der Waals surface area contributed by atoms with E-state index < -0.39 is 0 Å². The predicted molar refractivity (Wildman–Crippen MR) is 118 cm³/mol. The Bertz CT molecular complexity index is 1270. The van der Waals surface area contributed by atoms with Crippen molar-refractivity contribution >= 4 is 22.4 Å². The maximum absolute atomic E-state index is 13.5. The third-order valence-electron chi connectivity index (χ3n) is 5.34. The van der Waals surface area contributed by atoms with Crippen LogP contribution < -0.4 is 10.1 Å². The maximum atomic E-state index is 13.5. The van der Waals surface area contributed by atoms with E-state index in [1.165, 1.54) is 12.1 Å². The highest BCUT2D eigenvalue weighted by atomic mass is 19.1. The number of nitrogens with one attached hydrogen (secondary N) is 1. The van der Waals surface area contributed by atoms with Crippen molar-refractivity contribution in [3.63, 3.8) is 0 Å². The molecule has 2 heterocycles. The summed E-state index contributed by atoms with van der Waals surface area (Å²) in [5, 5.41) is 8.90. The van der Waals surface area contributed by atoms with Gasteiger partial charge in [-0.3, -0.25) is 14.5 Å². The van der Waals surface area contributed by atoms with Gasteiger partial charge in [-0.2, -0.15) is 5.10 Å². The monoisotopic (exact) mass is 418 g/mol. The van der Waals surface area contributed by atoms with E-state index in [-0.39, 0.29) is 11.7 Å². The maximum Gasteiger partial charge on any atom is 0.224 e. The van der Waals surface area contributed by atoms with Gasteiger partial charge in [0.15, 0.2) is 0 Å². The molecule has 7 heteroatoms. The molecular formula is C24H23FN4O2. The standard InChI is InChI=1S/C24H23FN4O2/c1-15-19(16(2)29(3)28-15)7-10-24(30)27-22-8-9-23(20-11-12-26-14-21(20)22)31-18-6-4-5-17(25)13-18/h4-6,8-9,11-14H,7,10H2,1-3H3,(H,27,30). The molecule has 0 fully saturated rings. The van der Waals surface area contributed by atoms with Crippen molar-refractivity contribution in [2.24, 2.45) is 7.05 Å². The molecule has 0 unspecified atom stereocenters. The van der Waals surface area contributed by atoms with Crippen LogP contribution in [0.2, 0.25) is 0 Å². The van der Waals surface area contributed by atoms with Gasteiger partial charge < -0.3 is 10.1 Å². The number of carbonyl (C=O) groups is 1. The third kappa shape index (κ3) is 4.40. The molecule has 158 valence electrons. The van der Waals surface area contributed by atoms with E-state index in [9.17, 15) is 9.18 Å². The average Bonchev–Trinajstić information content (AvgIpc) is 2.99. The molecule has 0 aliphatic rings. The van der Waals surface area contributed by atoms with Crippen LogP contribution in [0.25, 0.3) is 10.8 Å². The zero-order valence-corrected chi connectivity index (χ0v) is 17.6. The fraction of sp³-hybridized carbons (Fsp3) is 0.208. The van der Waals surface area contributed by atoms with Crippen molar-refractivity contribution in [2.75, 3.05) is 5.32 Å². The van der Waals surface area contributed by atoms with Crippen LogP contribution in [0.3, 0.4) is 0 Å². The summed E-state index contributed by atoms with van der Waals surface area (Å²) in [4.78, 5) is 16.8. The molecule has 1 amide bonds. The van der Waals surface area contributed by atoms with Gasteiger partial charge >= 0.3 is 0 Å². The smallest absolute Gasteiger partial charge is 0.224 e. The molecular weight excluding hydrogens is 395 g/mol. The zero-order chi connectivity index (χ0) is 22.0. The molecule has 6 nitrogen and oxygen atoms in total. The first-order chi connectivity index (χ1) is 14.9. The molecule has 0 saturated carbocycles. The number of hydrogen-bond donors (Lipinski definition) is 1. The summed E-state index contributed by atoms with van der Waals surface area (Å²) in [6.45, 7) is 3.96. The van der Waals surface area contributed by atoms with E-state index in [4.69, 9.17) is 4.74 Å². The van der Waals surface area contributed by atoms with Gasteiger partial charge in [0.1, 0.15) is 17.3 Å². The first-order valence-corrected chi connectivity index (χ1v) is 10.0. The fourth-order valence-electron chi connectivity index (χ4n) is 3.65. The summed E-state index contributed by atoms with van der Waals surface area (Å²) in [7, 11) is 1.90. The molecule has 2 aromatic heterocycles. The minimum Gasteiger partial charge on any atom is -0.457 e. The summed E-state index contributed by atoms with van der Waals surface area (Å²) in [5.41, 5.74) is 3.77. The molecule has 0 atom stereocenters. The molecule has 2 aromatic carbocycles. The summed E-state index contributed by atoms with van der Waals surface area (Å²) in [6, 6.07) is 11.3. The quantitative estimate of drug-likeness (QED) is 0.474. The molecule has 0 saturated heterocycles. The van der Waals surface area contributed by atoms with Gasteiger partial charge in [-0.1, -0.05) is 6.07 Å². The van der Waals surface area contributed by atoms with Crippen molar-refractivity contribution in [1.82, 2.24) is 14.8 Å². The van der Waals surface area contributed by atoms with Crippen molar-refractivity contribution in [2.45, 2.75) is 26.7 Å². The van der Waals surface area contributed by atoms with Crippen LogP contribution in [-0.2, 0) is 18.3 Å². The second-order valence-electron chi connectivity index (χ2n) is 7.41. The summed E-state index contributed by atoms with van der Waals surface area (Å²) >= 11 is 0. The first kappa shape index (κ1) is 20.5. The van der Waals surface area contributed by atoms with E-state index in [1.54, 1.807) is 36.7 Å². The number of carbonyl (C=O) groups excluding carboxylic acids is 1. The van der Waals surface area contributed by atoms with Gasteiger partial charge in [-0.15, -0.1) is 0 Å². The van der Waals surface area contributed by atoms with E-state index >= 15 is 0 Å². The summed E-state index contributed by atoms with van der Waals surface area (Å²) in [6.07, 6.45) is 4.30. The number of fused-ring (bicyclic) bond motifs is 1. The lowest BCUT2D eigenvalue weighted by atomic mass is 10.1. The Kier molecular flexibility index (Phi) is 5.66. The Morgan fingerprint density at radius 2 is 2.00 bits per heavy atom. The molecule has 1 N–H and O–H groups in total. The second kappa shape index (κ2) is 8.55. The molecule has 31 heavy (non-hydrogen) atoms. The highest BCUT2D eigenvalue weighted by Crippen LogP contribution is 2.34. The Hall–Kier alpha value is -3.74. The normalized spacial score (nSPS) is 11.0. The van der Waals surface area contributed by atoms with Gasteiger partial charge in [0.25, 0.3) is 0 Å². The van der Waals surface area contributed by atoms with E-state index in [0.717, 1.165) is 27.7 Å². The fourth-order valence-corrected chi connectivity index (χ4v) is 3.65. The number of halogens is 1. The van der Waals surface area contributed by atoms with Crippen LogP contribution in [0.4, 0.5) is 10.1 Å². The van der Waals surface area contributed by atoms with Crippen molar-refractivity contribution in [1.29, 1.82) is 0 Å². The van der Waals surface area contributed by atoms with Gasteiger partial charge in [-0.05, 0) is 56.2 Å². The lowest BCUT2D eigenvalue weighted by Crippen LogP contribution is -2.13. The Balaban J connectivity index is 1.54. The number of aromatic nitrogens is 3. The van der Waals surface area contributed by atoms with Crippen LogP contribution in [0, 0.1) is 19.7 Å². The molecule has 0 spiro atoms. The van der Waals surface area contributed by atoms with Crippen LogP contribution in [0.5, 0.6) is 11.5 Å². The average molecular weight is 418 g/mol. The summed E-state index contributed by atoms with van der Waals surface area (Å²) < 4.78 is 21.2. The number of benzene rings is 2. The molecule has 0 radical (unpaired) electrons. The van der Waals surface area contributed by atoms with Crippen LogP contribution >= 0.6 is 0 Å². The molecule has 4 rings (SSSR count). The molecule has 4 aromatic rings. The Labute approximate surface area is 179 Å². The number of ether oxygens (including phenoxy) is 1. The lowest BCUT2D eigenvalue weighted by molar-refractivity contribution is -0.116. The van der Waals surface area contributed by atoms with Crippen LogP contribution in [0.15, 0.2) is 54.9 Å². The van der Waals surface area contributed by atoms with E-state index in [0.29, 0.717) is 30.0 Å². The minimum atomic E-state index is -0.369. The second-order valence-corrected chi connectivity index (χ2v) is 7.41. The third-order valence-corrected chi connectivity index (χ3v) is 5.34. The number of anilines is 1.